The van der Waals surface area contributed by atoms with Gasteiger partial charge in [0, 0.05) is 40.0 Å². The van der Waals surface area contributed by atoms with Gasteiger partial charge in [-0.3, -0.25) is 19.2 Å². The van der Waals surface area contributed by atoms with Crippen molar-refractivity contribution in [2.24, 2.45) is 0 Å². The van der Waals surface area contributed by atoms with Crippen LogP contribution in [0.2, 0.25) is 0 Å². The second-order valence-electron chi connectivity index (χ2n) is 3.23. The molecule has 0 rings (SSSR count). The van der Waals surface area contributed by atoms with Gasteiger partial charge in [0.15, 0.2) is 0 Å². The molecule has 0 bridgehead atoms. The smallest absolute Gasteiger partial charge is 0.325 e. The monoisotopic (exact) mass is 371 g/mol. The van der Waals surface area contributed by atoms with Crippen molar-refractivity contribution < 1.29 is 57.7 Å². The Morgan fingerprint density at radius 3 is 0.920 bits per heavy atom. The van der Waals surface area contributed by atoms with Crippen molar-refractivity contribution in [2.45, 2.75) is 0 Å². The first kappa shape index (κ1) is 24.7. The Balaban J connectivity index is 0. The number of nitrogens with zero attached hydrogens (tertiary/aromatic N) is 2. The Morgan fingerprint density at radius 1 is 0.560 bits per heavy atom. The largest absolute Gasteiger partial charge is 0.392 e. The predicted octanol–water partition coefficient (Wildman–Crippen LogP) is -4.16. The third kappa shape index (κ3) is 11.6. The maximum atomic E-state index is 10.8. The van der Waals surface area contributed by atoms with Gasteiger partial charge in [-0.2, -0.15) is 0 Å². The van der Waals surface area contributed by atoms with Crippen LogP contribution in [0.3, 0.4) is 0 Å². The maximum Gasteiger partial charge on any atom is 0.392 e. The second kappa shape index (κ2) is 13.9. The quantitative estimate of drug-likeness (QED) is 0.148. The molecule has 15 heteroatoms. The minimum atomic E-state index is -1.53. The molecule has 0 amide bonds. The molecule has 0 unspecified atom stereocenters. The van der Waals surface area contributed by atoms with Crippen molar-refractivity contribution in [3.63, 3.8) is 0 Å². The zero-order valence-electron chi connectivity index (χ0n) is 12.5. The van der Waals surface area contributed by atoms with Crippen molar-refractivity contribution in [3.8, 4) is 0 Å². The van der Waals surface area contributed by atoms with E-state index >= 15 is 0 Å². The normalized spacial score (nSPS) is 9.20. The third-order valence-electron chi connectivity index (χ3n) is 1.62. The zero-order valence-corrected chi connectivity index (χ0v) is 14.5. The molecule has 0 spiro atoms. The molecule has 0 aliphatic rings. The van der Waals surface area contributed by atoms with E-state index in [1.54, 1.807) is 0 Å². The van der Waals surface area contributed by atoms with Gasteiger partial charge in [0.2, 0.25) is 25.1 Å². The van der Waals surface area contributed by atoms with Crippen molar-refractivity contribution in [1.82, 2.24) is 10.5 Å². The van der Waals surface area contributed by atoms with Crippen LogP contribution in [0.1, 0.15) is 0 Å². The molecule has 0 aromatic heterocycles. The molecule has 0 aliphatic heterocycles. The summed E-state index contributed by atoms with van der Waals surface area (Å²) in [5.41, 5.74) is 0. The van der Waals surface area contributed by atoms with E-state index in [4.69, 9.17) is 0 Å². The van der Waals surface area contributed by atoms with Crippen molar-refractivity contribution >= 4 is 78.6 Å². The fourth-order valence-electron chi connectivity index (χ4n) is 0.871. The van der Waals surface area contributed by atoms with Crippen LogP contribution < -0.4 is 0 Å². The molecule has 131 valence electrons. The van der Waals surface area contributed by atoms with Gasteiger partial charge in [-0.25, -0.2) is 19.2 Å². The van der Waals surface area contributed by atoms with Crippen molar-refractivity contribution in [2.75, 3.05) is 13.1 Å². The van der Waals surface area contributed by atoms with Crippen LogP contribution in [-0.2, 0) is 57.7 Å². The molecule has 0 aromatic carbocycles. The standard InChI is InChI=1S/C10H8N2O12.Na/c13-3-7(17)21-11(22-8(18)4-14)1-2-12(23-9(19)5-15)24-10(20)6-16;/h3-6H,1-2H2;. The van der Waals surface area contributed by atoms with Gasteiger partial charge in [-0.1, -0.05) is 0 Å². The Labute approximate surface area is 160 Å². The molecule has 1 radical (unpaired) electrons. The summed E-state index contributed by atoms with van der Waals surface area (Å²) < 4.78 is 0. The predicted molar refractivity (Wildman–Crippen MR) is 67.8 cm³/mol. The van der Waals surface area contributed by atoms with E-state index in [1.807, 2.05) is 0 Å². The molecule has 0 heterocycles. The van der Waals surface area contributed by atoms with Crippen molar-refractivity contribution in [1.29, 1.82) is 0 Å². The van der Waals surface area contributed by atoms with Gasteiger partial charge in [-0.05, 0) is 0 Å². The second-order valence-corrected chi connectivity index (χ2v) is 3.23. The zero-order chi connectivity index (χ0) is 18.5. The van der Waals surface area contributed by atoms with Crippen LogP contribution >= 0.6 is 0 Å². The molecule has 0 saturated carbocycles. The van der Waals surface area contributed by atoms with E-state index in [0.29, 0.717) is 0 Å². The number of aldehydes is 4. The third-order valence-corrected chi connectivity index (χ3v) is 1.62. The Morgan fingerprint density at radius 2 is 0.760 bits per heavy atom. The van der Waals surface area contributed by atoms with Crippen LogP contribution in [0.4, 0.5) is 0 Å². The van der Waals surface area contributed by atoms with E-state index < -0.39 is 37.0 Å². The SMILES string of the molecule is O=CC(=O)ON(CCN(OC(=O)C=O)OC(=O)C=O)OC(=O)C=O.[Na]. The summed E-state index contributed by atoms with van der Waals surface area (Å²) in [6, 6.07) is 0. The first-order valence-electron chi connectivity index (χ1n) is 5.59. The van der Waals surface area contributed by atoms with E-state index in [1.165, 1.54) is 0 Å². The summed E-state index contributed by atoms with van der Waals surface area (Å²) in [4.78, 5) is 100. The van der Waals surface area contributed by atoms with Gasteiger partial charge in [-0.15, -0.1) is 0 Å². The molecule has 0 aliphatic carbocycles. The summed E-state index contributed by atoms with van der Waals surface area (Å²) in [6.07, 6.45) is -1.23. The number of carbonyl (C=O) groups is 8. The van der Waals surface area contributed by atoms with Gasteiger partial charge < -0.3 is 19.4 Å². The van der Waals surface area contributed by atoms with Gasteiger partial charge in [0.1, 0.15) is 0 Å². The van der Waals surface area contributed by atoms with Crippen LogP contribution in [-0.4, -0.2) is 102 Å². The molecule has 0 N–H and O–H groups in total. The minimum absolute atomic E-state index is 0. The molecule has 0 aromatic rings. The summed E-state index contributed by atoms with van der Waals surface area (Å²) in [7, 11) is 0. The molecule has 14 nitrogen and oxygen atoms in total. The first-order valence-corrected chi connectivity index (χ1v) is 5.59. The van der Waals surface area contributed by atoms with Gasteiger partial charge in [0.05, 0.1) is 13.1 Å². The van der Waals surface area contributed by atoms with E-state index in [2.05, 4.69) is 19.4 Å². The average Bonchev–Trinajstić information content (AvgIpc) is 2.58. The van der Waals surface area contributed by atoms with E-state index in [9.17, 15) is 38.4 Å². The summed E-state index contributed by atoms with van der Waals surface area (Å²) in [5, 5.41) is 0.0356. The Kier molecular flexibility index (Phi) is 13.7. The van der Waals surface area contributed by atoms with Crippen LogP contribution in [0.5, 0.6) is 0 Å². The number of hydrogen-bond donors (Lipinski definition) is 0. The Hall–Kier alpha value is -2.52. The number of hydroxylamine groups is 4. The van der Waals surface area contributed by atoms with Crippen LogP contribution in [0.15, 0.2) is 0 Å². The minimum Gasteiger partial charge on any atom is -0.325 e. The average molecular weight is 371 g/mol. The molecular formula is C10H8N2NaO12. The van der Waals surface area contributed by atoms with Gasteiger partial charge in [0.25, 0.3) is 0 Å². The number of carbonyl (C=O) groups excluding carboxylic acids is 8. The summed E-state index contributed by atoms with van der Waals surface area (Å²) in [5.74, 6) is -6.13. The topological polar surface area (TPSA) is 180 Å². The molecule has 0 atom stereocenters. The Bertz CT molecular complexity index is 458. The van der Waals surface area contributed by atoms with Crippen LogP contribution in [0, 0.1) is 0 Å². The van der Waals surface area contributed by atoms with Crippen molar-refractivity contribution in [3.05, 3.63) is 0 Å². The number of rotatable bonds is 11. The molecule has 25 heavy (non-hydrogen) atoms. The van der Waals surface area contributed by atoms with E-state index in [-0.39, 0.29) is 65.2 Å². The first-order chi connectivity index (χ1) is 11.4. The number of hydrogen-bond acceptors (Lipinski definition) is 14. The maximum absolute atomic E-state index is 10.8. The molecular weight excluding hydrogens is 363 g/mol. The molecule has 0 fully saturated rings. The summed E-state index contributed by atoms with van der Waals surface area (Å²) in [6.45, 7) is -1.51. The van der Waals surface area contributed by atoms with Gasteiger partial charge >= 0.3 is 23.9 Å². The van der Waals surface area contributed by atoms with E-state index in [0.717, 1.165) is 0 Å². The van der Waals surface area contributed by atoms with Crippen LogP contribution in [0.25, 0.3) is 0 Å². The summed E-state index contributed by atoms with van der Waals surface area (Å²) >= 11 is 0. The fourth-order valence-corrected chi connectivity index (χ4v) is 0.871. The molecule has 0 saturated heterocycles. The fraction of sp³-hybridized carbons (Fsp3) is 0.200.